The molecule has 4 rings (SSSR count). The molecular weight excluding hydrogens is 344 g/mol. The number of pyridine rings is 1. The molecule has 134 valence electrons. The molecule has 0 spiro atoms. The first kappa shape index (κ1) is 16.8. The van der Waals surface area contributed by atoms with Crippen LogP contribution in [0.1, 0.15) is 24.2 Å². The summed E-state index contributed by atoms with van der Waals surface area (Å²) in [5, 5.41) is 15.1. The second kappa shape index (κ2) is 7.29. The Morgan fingerprint density at radius 1 is 1.33 bits per heavy atom. The van der Waals surface area contributed by atoms with Gasteiger partial charge in [0, 0.05) is 37.7 Å². The standard InChI is InChI=1S/C18H16N8O/c19-6-15-14(21-8-11-3-4-20-7-11)5-12(9-22-15)24-18-23-10-16-13(26-18)1-2-17(27)25-16/h5,7-11H,1-4H2,(H,25,27)(H,23,24,26)/t11-/m1/s1. The number of nitrogens with zero attached hydrogens (tertiary/aromatic N) is 6. The summed E-state index contributed by atoms with van der Waals surface area (Å²) in [4.78, 5) is 32.8. The van der Waals surface area contributed by atoms with Crippen molar-refractivity contribution in [3.63, 3.8) is 0 Å². The van der Waals surface area contributed by atoms with E-state index in [0.29, 0.717) is 35.9 Å². The van der Waals surface area contributed by atoms with Gasteiger partial charge < -0.3 is 10.6 Å². The van der Waals surface area contributed by atoms with Crippen molar-refractivity contribution in [3.8, 4) is 6.07 Å². The molecule has 0 aliphatic carbocycles. The molecule has 4 heterocycles. The molecular formula is C18H16N8O. The first-order valence-corrected chi connectivity index (χ1v) is 8.58. The van der Waals surface area contributed by atoms with E-state index < -0.39 is 0 Å². The fourth-order valence-electron chi connectivity index (χ4n) is 2.85. The molecule has 0 saturated carbocycles. The molecule has 0 saturated heterocycles. The molecule has 1 atom stereocenters. The maximum Gasteiger partial charge on any atom is 0.227 e. The second-order valence-corrected chi connectivity index (χ2v) is 6.22. The first-order valence-electron chi connectivity index (χ1n) is 8.58. The van der Waals surface area contributed by atoms with E-state index in [4.69, 9.17) is 0 Å². The van der Waals surface area contributed by atoms with Gasteiger partial charge in [0.15, 0.2) is 5.69 Å². The molecule has 0 fully saturated rings. The predicted octanol–water partition coefficient (Wildman–Crippen LogP) is 2.16. The summed E-state index contributed by atoms with van der Waals surface area (Å²) in [6, 6.07) is 3.78. The number of nitriles is 1. The minimum absolute atomic E-state index is 0.0297. The minimum atomic E-state index is -0.0297. The number of aliphatic imine (C=N–C) groups is 2. The van der Waals surface area contributed by atoms with E-state index >= 15 is 0 Å². The van der Waals surface area contributed by atoms with Gasteiger partial charge in [-0.15, -0.1) is 0 Å². The molecule has 2 aliphatic rings. The molecule has 0 aromatic carbocycles. The molecule has 27 heavy (non-hydrogen) atoms. The van der Waals surface area contributed by atoms with Crippen molar-refractivity contribution in [3.05, 3.63) is 29.8 Å². The maximum atomic E-state index is 11.4. The average Bonchev–Trinajstić information content (AvgIpc) is 3.20. The summed E-state index contributed by atoms with van der Waals surface area (Å²) < 4.78 is 0. The highest BCUT2D eigenvalue weighted by molar-refractivity contribution is 5.93. The lowest BCUT2D eigenvalue weighted by molar-refractivity contribution is -0.116. The summed E-state index contributed by atoms with van der Waals surface area (Å²) in [6.07, 6.45) is 8.68. The van der Waals surface area contributed by atoms with Crippen LogP contribution in [0.3, 0.4) is 0 Å². The van der Waals surface area contributed by atoms with Crippen LogP contribution in [0.15, 0.2) is 28.4 Å². The van der Waals surface area contributed by atoms with Gasteiger partial charge in [-0.25, -0.2) is 15.0 Å². The molecule has 2 aromatic heterocycles. The third-order valence-electron chi connectivity index (χ3n) is 4.25. The Morgan fingerprint density at radius 2 is 2.26 bits per heavy atom. The van der Waals surface area contributed by atoms with Gasteiger partial charge in [-0.3, -0.25) is 14.8 Å². The third kappa shape index (κ3) is 3.79. The Kier molecular flexibility index (Phi) is 4.53. The van der Waals surface area contributed by atoms with Crippen molar-refractivity contribution in [1.29, 1.82) is 5.26 Å². The summed E-state index contributed by atoms with van der Waals surface area (Å²) in [6.45, 7) is 0.803. The van der Waals surface area contributed by atoms with Crippen LogP contribution in [0, 0.1) is 17.2 Å². The number of fused-ring (bicyclic) bond motifs is 1. The van der Waals surface area contributed by atoms with Crippen LogP contribution in [-0.4, -0.2) is 39.8 Å². The zero-order valence-electron chi connectivity index (χ0n) is 14.4. The Labute approximate surface area is 155 Å². The Balaban J connectivity index is 1.55. The second-order valence-electron chi connectivity index (χ2n) is 6.22. The highest BCUT2D eigenvalue weighted by Crippen LogP contribution is 2.25. The van der Waals surface area contributed by atoms with Crippen molar-refractivity contribution in [2.75, 3.05) is 17.2 Å². The van der Waals surface area contributed by atoms with Crippen molar-refractivity contribution in [1.82, 2.24) is 15.0 Å². The molecule has 2 aromatic rings. The zero-order valence-corrected chi connectivity index (χ0v) is 14.4. The van der Waals surface area contributed by atoms with Gasteiger partial charge in [-0.2, -0.15) is 5.26 Å². The maximum absolute atomic E-state index is 11.4. The van der Waals surface area contributed by atoms with Crippen LogP contribution in [0.5, 0.6) is 0 Å². The van der Waals surface area contributed by atoms with Gasteiger partial charge in [0.25, 0.3) is 0 Å². The van der Waals surface area contributed by atoms with Gasteiger partial charge in [0.2, 0.25) is 11.9 Å². The van der Waals surface area contributed by atoms with E-state index in [1.165, 1.54) is 0 Å². The van der Waals surface area contributed by atoms with Gasteiger partial charge in [-0.05, 0) is 12.5 Å². The number of carbonyl (C=O) groups excluding carboxylic acids is 1. The fourth-order valence-corrected chi connectivity index (χ4v) is 2.85. The van der Waals surface area contributed by atoms with E-state index in [1.807, 2.05) is 12.3 Å². The molecule has 2 N–H and O–H groups in total. The average molecular weight is 360 g/mol. The molecule has 9 nitrogen and oxygen atoms in total. The number of hydrogen-bond donors (Lipinski definition) is 2. The SMILES string of the molecule is N#Cc1ncc(Nc2ncc3c(n2)CCC(=O)N3)cc1N=C[C@H]1C=NCC1. The molecule has 1 amide bonds. The highest BCUT2D eigenvalue weighted by Gasteiger charge is 2.17. The topological polar surface area (TPSA) is 128 Å². The fraction of sp³-hybridized carbons (Fsp3) is 0.278. The lowest BCUT2D eigenvalue weighted by atomic mass is 10.1. The summed E-state index contributed by atoms with van der Waals surface area (Å²) in [5.41, 5.74) is 2.78. The third-order valence-corrected chi connectivity index (χ3v) is 4.25. The number of anilines is 3. The minimum Gasteiger partial charge on any atom is -0.323 e. The molecule has 2 aliphatic heterocycles. The summed E-state index contributed by atoms with van der Waals surface area (Å²) >= 11 is 0. The number of rotatable bonds is 4. The number of aryl methyl sites for hydroxylation is 1. The molecule has 0 bridgehead atoms. The van der Waals surface area contributed by atoms with Crippen LogP contribution >= 0.6 is 0 Å². The number of aromatic nitrogens is 3. The van der Waals surface area contributed by atoms with E-state index in [-0.39, 0.29) is 17.5 Å². The normalized spacial score (nSPS) is 18.2. The summed E-state index contributed by atoms with van der Waals surface area (Å²) in [5.74, 6) is 0.555. The highest BCUT2D eigenvalue weighted by atomic mass is 16.1. The largest absolute Gasteiger partial charge is 0.323 e. The lowest BCUT2D eigenvalue weighted by Crippen LogP contribution is -2.20. The predicted molar refractivity (Wildman–Crippen MR) is 101 cm³/mol. The van der Waals surface area contributed by atoms with Gasteiger partial charge in [0.05, 0.1) is 29.5 Å². The van der Waals surface area contributed by atoms with Gasteiger partial charge in [-0.1, -0.05) is 0 Å². The molecule has 9 heteroatoms. The first-order chi connectivity index (χ1) is 13.2. The number of nitrogens with one attached hydrogen (secondary N) is 2. The van der Waals surface area contributed by atoms with E-state index in [2.05, 4.69) is 35.6 Å². The van der Waals surface area contributed by atoms with Gasteiger partial charge >= 0.3 is 0 Å². The smallest absolute Gasteiger partial charge is 0.227 e. The van der Waals surface area contributed by atoms with Gasteiger partial charge in [0.1, 0.15) is 11.8 Å². The van der Waals surface area contributed by atoms with E-state index in [0.717, 1.165) is 18.7 Å². The monoisotopic (exact) mass is 360 g/mol. The number of carbonyl (C=O) groups is 1. The van der Waals surface area contributed by atoms with Crippen molar-refractivity contribution >= 4 is 41.3 Å². The van der Waals surface area contributed by atoms with Crippen LogP contribution in [0.25, 0.3) is 0 Å². The molecule has 0 radical (unpaired) electrons. The zero-order chi connectivity index (χ0) is 18.6. The van der Waals surface area contributed by atoms with Crippen molar-refractivity contribution in [2.24, 2.45) is 15.9 Å². The van der Waals surface area contributed by atoms with E-state index in [9.17, 15) is 10.1 Å². The Hall–Kier alpha value is -3.67. The Morgan fingerprint density at radius 3 is 3.07 bits per heavy atom. The summed E-state index contributed by atoms with van der Waals surface area (Å²) in [7, 11) is 0. The molecule has 0 unspecified atom stereocenters. The van der Waals surface area contributed by atoms with E-state index in [1.54, 1.807) is 24.7 Å². The quantitative estimate of drug-likeness (QED) is 0.804. The lowest BCUT2D eigenvalue weighted by Gasteiger charge is -2.16. The number of hydrogen-bond acceptors (Lipinski definition) is 8. The Bertz CT molecular complexity index is 991. The van der Waals surface area contributed by atoms with Crippen molar-refractivity contribution < 1.29 is 4.79 Å². The van der Waals surface area contributed by atoms with Crippen LogP contribution in [0.4, 0.5) is 23.0 Å². The van der Waals surface area contributed by atoms with Crippen molar-refractivity contribution in [2.45, 2.75) is 19.3 Å². The van der Waals surface area contributed by atoms with Crippen LogP contribution in [-0.2, 0) is 11.2 Å². The van der Waals surface area contributed by atoms with Crippen LogP contribution < -0.4 is 10.6 Å². The van der Waals surface area contributed by atoms with Crippen LogP contribution in [0.2, 0.25) is 0 Å². The number of amides is 1.